The summed E-state index contributed by atoms with van der Waals surface area (Å²) in [5.41, 5.74) is 1.65. The number of nitrogens with one attached hydrogen (secondary N) is 1. The van der Waals surface area contributed by atoms with Crippen LogP contribution < -0.4 is 5.32 Å². The van der Waals surface area contributed by atoms with Gasteiger partial charge in [-0.3, -0.25) is 4.79 Å². The number of hydrogen-bond donors (Lipinski definition) is 1. The highest BCUT2D eigenvalue weighted by Crippen LogP contribution is 2.25. The summed E-state index contributed by atoms with van der Waals surface area (Å²) in [6.07, 6.45) is 5.14. The lowest BCUT2D eigenvalue weighted by Gasteiger charge is -2.31. The largest absolute Gasteiger partial charge is 0.376 e. The Labute approximate surface area is 163 Å². The van der Waals surface area contributed by atoms with Crippen LogP contribution in [0.25, 0.3) is 0 Å². The summed E-state index contributed by atoms with van der Waals surface area (Å²) >= 11 is 0. The van der Waals surface area contributed by atoms with Gasteiger partial charge < -0.3 is 10.2 Å². The molecule has 2 aliphatic heterocycles. The number of anilines is 1. The maximum absolute atomic E-state index is 12.9. The third kappa shape index (κ3) is 4.82. The number of carbonyl (C=O) groups excluding carboxylic acids is 1. The molecule has 0 spiro atoms. The standard InChI is InChI=1S/C20H31N3O3S/c1-16-7-6-10-22(15-16)20(24)14-21-19-13-18(9-8-17(19)2)27(25,26)23-11-4-3-5-12-23/h8-9,13,16,21H,3-7,10-12,14-15H2,1-2H3. The number of sulfonamides is 1. The minimum absolute atomic E-state index is 0.0743. The normalized spacial score (nSPS) is 21.9. The van der Waals surface area contributed by atoms with E-state index >= 15 is 0 Å². The fraction of sp³-hybridized carbons (Fsp3) is 0.650. The fourth-order valence-corrected chi connectivity index (χ4v) is 5.45. The second-order valence-corrected chi connectivity index (χ2v) is 9.82. The van der Waals surface area contributed by atoms with Crippen molar-refractivity contribution in [1.82, 2.24) is 9.21 Å². The first-order valence-corrected chi connectivity index (χ1v) is 11.4. The number of nitrogens with zero attached hydrogens (tertiary/aromatic N) is 2. The van der Waals surface area contributed by atoms with Crippen molar-refractivity contribution in [3.05, 3.63) is 23.8 Å². The molecule has 27 heavy (non-hydrogen) atoms. The van der Waals surface area contributed by atoms with Gasteiger partial charge in [-0.25, -0.2) is 8.42 Å². The summed E-state index contributed by atoms with van der Waals surface area (Å²) in [4.78, 5) is 14.7. The van der Waals surface area contributed by atoms with Crippen molar-refractivity contribution < 1.29 is 13.2 Å². The molecule has 1 aromatic carbocycles. The zero-order valence-corrected chi connectivity index (χ0v) is 17.2. The Morgan fingerprint density at radius 2 is 1.89 bits per heavy atom. The Bertz CT molecular complexity index is 773. The van der Waals surface area contributed by atoms with E-state index in [9.17, 15) is 13.2 Å². The zero-order chi connectivity index (χ0) is 19.4. The Kier molecular flexibility index (Phi) is 6.42. The van der Waals surface area contributed by atoms with Crippen molar-refractivity contribution in [3.8, 4) is 0 Å². The van der Waals surface area contributed by atoms with E-state index in [0.29, 0.717) is 29.6 Å². The van der Waals surface area contributed by atoms with E-state index in [2.05, 4.69) is 12.2 Å². The van der Waals surface area contributed by atoms with Gasteiger partial charge in [0.05, 0.1) is 11.4 Å². The van der Waals surface area contributed by atoms with Gasteiger partial charge in [-0.2, -0.15) is 4.31 Å². The predicted molar refractivity (Wildman–Crippen MR) is 107 cm³/mol. The molecule has 1 atom stereocenters. The van der Waals surface area contributed by atoms with Gasteiger partial charge in [0.15, 0.2) is 0 Å². The molecule has 0 radical (unpaired) electrons. The molecule has 7 heteroatoms. The van der Waals surface area contributed by atoms with Gasteiger partial charge >= 0.3 is 0 Å². The van der Waals surface area contributed by atoms with Crippen LogP contribution in [0.5, 0.6) is 0 Å². The maximum Gasteiger partial charge on any atom is 0.243 e. The maximum atomic E-state index is 12.9. The second kappa shape index (κ2) is 8.61. The summed E-state index contributed by atoms with van der Waals surface area (Å²) in [5, 5.41) is 3.17. The number of hydrogen-bond acceptors (Lipinski definition) is 4. The third-order valence-electron chi connectivity index (χ3n) is 5.60. The molecule has 2 fully saturated rings. The molecular weight excluding hydrogens is 362 g/mol. The van der Waals surface area contributed by atoms with E-state index in [1.165, 1.54) is 6.42 Å². The highest BCUT2D eigenvalue weighted by Gasteiger charge is 2.26. The Morgan fingerprint density at radius 3 is 2.59 bits per heavy atom. The van der Waals surface area contributed by atoms with Crippen LogP contribution in [0.1, 0.15) is 44.6 Å². The topological polar surface area (TPSA) is 69.7 Å². The van der Waals surface area contributed by atoms with Crippen LogP contribution >= 0.6 is 0 Å². The molecule has 150 valence electrons. The smallest absolute Gasteiger partial charge is 0.243 e. The van der Waals surface area contributed by atoms with Crippen molar-refractivity contribution in [2.45, 2.75) is 50.8 Å². The van der Waals surface area contributed by atoms with E-state index in [-0.39, 0.29) is 12.5 Å². The zero-order valence-electron chi connectivity index (χ0n) is 16.4. The van der Waals surface area contributed by atoms with Crippen molar-refractivity contribution in [2.24, 2.45) is 5.92 Å². The van der Waals surface area contributed by atoms with Crippen LogP contribution in [-0.4, -0.2) is 56.3 Å². The van der Waals surface area contributed by atoms with Crippen molar-refractivity contribution in [3.63, 3.8) is 0 Å². The first-order chi connectivity index (χ1) is 12.9. The lowest BCUT2D eigenvalue weighted by molar-refractivity contribution is -0.130. The summed E-state index contributed by atoms with van der Waals surface area (Å²) in [6.45, 7) is 7.09. The lowest BCUT2D eigenvalue weighted by Crippen LogP contribution is -2.42. The number of piperidine rings is 2. The van der Waals surface area contributed by atoms with Gasteiger partial charge in [0.2, 0.25) is 15.9 Å². The average molecular weight is 394 g/mol. The van der Waals surface area contributed by atoms with Gasteiger partial charge in [0, 0.05) is 31.9 Å². The Hall–Kier alpha value is -1.60. The summed E-state index contributed by atoms with van der Waals surface area (Å²) in [5.74, 6) is 0.618. The monoisotopic (exact) mass is 393 g/mol. The van der Waals surface area contributed by atoms with Gasteiger partial charge in [-0.15, -0.1) is 0 Å². The first kappa shape index (κ1) is 20.1. The average Bonchev–Trinajstić information content (AvgIpc) is 2.67. The molecular formula is C20H31N3O3S. The third-order valence-corrected chi connectivity index (χ3v) is 7.50. The van der Waals surface area contributed by atoms with E-state index in [0.717, 1.165) is 44.3 Å². The molecule has 3 rings (SSSR count). The Balaban J connectivity index is 1.69. The van der Waals surface area contributed by atoms with E-state index in [1.807, 2.05) is 17.9 Å². The fourth-order valence-electron chi connectivity index (χ4n) is 3.90. The number of carbonyl (C=O) groups is 1. The number of rotatable bonds is 5. The van der Waals surface area contributed by atoms with Gasteiger partial charge in [-0.1, -0.05) is 19.4 Å². The summed E-state index contributed by atoms with van der Waals surface area (Å²) < 4.78 is 27.4. The lowest BCUT2D eigenvalue weighted by atomic mass is 10.0. The minimum Gasteiger partial charge on any atom is -0.376 e. The molecule has 1 unspecified atom stereocenters. The SMILES string of the molecule is Cc1ccc(S(=O)(=O)N2CCCCC2)cc1NCC(=O)N1CCCC(C)C1. The van der Waals surface area contributed by atoms with Crippen LogP contribution in [0, 0.1) is 12.8 Å². The van der Waals surface area contributed by atoms with Crippen molar-refractivity contribution in [2.75, 3.05) is 38.0 Å². The molecule has 0 bridgehead atoms. The van der Waals surface area contributed by atoms with Crippen LogP contribution in [0.4, 0.5) is 5.69 Å². The van der Waals surface area contributed by atoms with Gasteiger partial charge in [-0.05, 0) is 56.2 Å². The number of amides is 1. The van der Waals surface area contributed by atoms with E-state index in [4.69, 9.17) is 0 Å². The minimum atomic E-state index is -3.47. The molecule has 0 saturated carbocycles. The quantitative estimate of drug-likeness (QED) is 0.835. The molecule has 1 aromatic rings. The van der Waals surface area contributed by atoms with Crippen LogP contribution in [0.15, 0.2) is 23.1 Å². The van der Waals surface area contributed by atoms with E-state index in [1.54, 1.807) is 16.4 Å². The summed E-state index contributed by atoms with van der Waals surface area (Å²) in [6, 6.07) is 5.15. The summed E-state index contributed by atoms with van der Waals surface area (Å²) in [7, 11) is -3.47. The second-order valence-electron chi connectivity index (χ2n) is 7.88. The molecule has 1 N–H and O–H groups in total. The molecule has 0 aliphatic carbocycles. The molecule has 2 saturated heterocycles. The molecule has 6 nitrogen and oxygen atoms in total. The van der Waals surface area contributed by atoms with Crippen molar-refractivity contribution >= 4 is 21.6 Å². The Morgan fingerprint density at radius 1 is 1.15 bits per heavy atom. The van der Waals surface area contributed by atoms with Crippen molar-refractivity contribution in [1.29, 1.82) is 0 Å². The van der Waals surface area contributed by atoms with Crippen LogP contribution in [0.2, 0.25) is 0 Å². The molecule has 0 aromatic heterocycles. The molecule has 1 amide bonds. The molecule has 2 aliphatic rings. The number of likely N-dealkylation sites (tertiary alicyclic amines) is 1. The van der Waals surface area contributed by atoms with Crippen LogP contribution in [0.3, 0.4) is 0 Å². The van der Waals surface area contributed by atoms with E-state index < -0.39 is 10.0 Å². The van der Waals surface area contributed by atoms with Gasteiger partial charge in [0.1, 0.15) is 0 Å². The number of aryl methyl sites for hydroxylation is 1. The first-order valence-electron chi connectivity index (χ1n) is 10.0. The highest BCUT2D eigenvalue weighted by molar-refractivity contribution is 7.89. The predicted octanol–water partition coefficient (Wildman–Crippen LogP) is 2.84. The van der Waals surface area contributed by atoms with Crippen LogP contribution in [-0.2, 0) is 14.8 Å². The number of benzene rings is 1. The van der Waals surface area contributed by atoms with Gasteiger partial charge in [0.25, 0.3) is 0 Å². The highest BCUT2D eigenvalue weighted by atomic mass is 32.2. The molecule has 2 heterocycles.